The van der Waals surface area contributed by atoms with Crippen LogP contribution in [0.3, 0.4) is 0 Å². The number of aryl methyl sites for hydroxylation is 2. The number of hydrogen-bond acceptors (Lipinski definition) is 3. The number of anilines is 1. The van der Waals surface area contributed by atoms with E-state index in [0.717, 1.165) is 29.9 Å². The molecule has 2 heterocycles. The maximum Gasteiger partial charge on any atom is 0.253 e. The lowest BCUT2D eigenvalue weighted by Gasteiger charge is -2.22. The standard InChI is InChI=1S/C17H18N4O/c1-20-16(9-10-18-20)14-11-17(22)21(19-14)15-8-4-6-12-5-2-3-7-13(12)15/h4,6,8-10H,2-3,5,7,11H2,1H3. The Labute approximate surface area is 129 Å². The van der Waals surface area contributed by atoms with Crippen LogP contribution in [0.1, 0.15) is 36.1 Å². The first-order chi connectivity index (χ1) is 10.7. The molecular weight excluding hydrogens is 276 g/mol. The third-order valence-corrected chi connectivity index (χ3v) is 4.49. The smallest absolute Gasteiger partial charge is 0.253 e. The average Bonchev–Trinajstić information content (AvgIpc) is 3.12. The summed E-state index contributed by atoms with van der Waals surface area (Å²) in [5.41, 5.74) is 5.30. The van der Waals surface area contributed by atoms with Crippen molar-refractivity contribution in [1.29, 1.82) is 0 Å². The SMILES string of the molecule is Cn1nccc1C1=NN(c2cccc3c2CCCC3)C(=O)C1. The number of carbonyl (C=O) groups is 1. The molecule has 0 atom stereocenters. The largest absolute Gasteiger partial charge is 0.272 e. The van der Waals surface area contributed by atoms with Crippen LogP contribution in [0, 0.1) is 0 Å². The van der Waals surface area contributed by atoms with E-state index in [1.165, 1.54) is 24.0 Å². The van der Waals surface area contributed by atoms with Crippen molar-refractivity contribution in [1.82, 2.24) is 9.78 Å². The Hall–Kier alpha value is -2.43. The highest BCUT2D eigenvalue weighted by Gasteiger charge is 2.29. The molecule has 2 aromatic rings. The van der Waals surface area contributed by atoms with E-state index in [9.17, 15) is 4.79 Å². The average molecular weight is 294 g/mol. The third kappa shape index (κ3) is 2.04. The van der Waals surface area contributed by atoms with Gasteiger partial charge in [0.2, 0.25) is 0 Å². The highest BCUT2D eigenvalue weighted by molar-refractivity contribution is 6.18. The summed E-state index contributed by atoms with van der Waals surface area (Å²) < 4.78 is 1.76. The van der Waals surface area contributed by atoms with Crippen LogP contribution >= 0.6 is 0 Å². The summed E-state index contributed by atoms with van der Waals surface area (Å²) in [4.78, 5) is 12.5. The fourth-order valence-corrected chi connectivity index (χ4v) is 3.38. The topological polar surface area (TPSA) is 50.5 Å². The molecule has 0 saturated heterocycles. The minimum absolute atomic E-state index is 0.0372. The van der Waals surface area contributed by atoms with Crippen LogP contribution in [0.5, 0.6) is 0 Å². The van der Waals surface area contributed by atoms with Crippen LogP contribution in [0.2, 0.25) is 0 Å². The molecule has 1 aliphatic carbocycles. The molecule has 2 aliphatic rings. The van der Waals surface area contributed by atoms with Gasteiger partial charge in [-0.2, -0.15) is 15.2 Å². The Morgan fingerprint density at radius 1 is 1.14 bits per heavy atom. The van der Waals surface area contributed by atoms with E-state index in [1.807, 2.05) is 25.2 Å². The monoisotopic (exact) mass is 294 g/mol. The lowest BCUT2D eigenvalue weighted by molar-refractivity contribution is -0.116. The number of benzene rings is 1. The van der Waals surface area contributed by atoms with Gasteiger partial charge < -0.3 is 0 Å². The number of nitrogens with zero attached hydrogens (tertiary/aromatic N) is 4. The molecule has 1 aromatic heterocycles. The maximum absolute atomic E-state index is 12.5. The molecule has 112 valence electrons. The second kappa shape index (κ2) is 5.09. The first-order valence-corrected chi connectivity index (χ1v) is 7.73. The van der Waals surface area contributed by atoms with Crippen molar-refractivity contribution in [3.8, 4) is 0 Å². The van der Waals surface area contributed by atoms with Gasteiger partial charge in [-0.3, -0.25) is 9.48 Å². The van der Waals surface area contributed by atoms with E-state index in [-0.39, 0.29) is 5.91 Å². The van der Waals surface area contributed by atoms with E-state index < -0.39 is 0 Å². The molecule has 1 amide bonds. The minimum atomic E-state index is 0.0372. The van der Waals surface area contributed by atoms with Crippen LogP contribution in [-0.4, -0.2) is 21.4 Å². The number of amides is 1. The van der Waals surface area contributed by atoms with E-state index in [4.69, 9.17) is 0 Å². The van der Waals surface area contributed by atoms with Crippen LogP contribution < -0.4 is 5.01 Å². The second-order valence-electron chi connectivity index (χ2n) is 5.89. The van der Waals surface area contributed by atoms with Crippen molar-refractivity contribution < 1.29 is 4.79 Å². The van der Waals surface area contributed by atoms with Crippen molar-refractivity contribution in [3.05, 3.63) is 47.3 Å². The van der Waals surface area contributed by atoms with Gasteiger partial charge >= 0.3 is 0 Å². The predicted octanol–water partition coefficient (Wildman–Crippen LogP) is 2.44. The fraction of sp³-hybridized carbons (Fsp3) is 0.353. The Balaban J connectivity index is 1.76. The molecule has 0 unspecified atom stereocenters. The molecule has 0 fully saturated rings. The summed E-state index contributed by atoms with van der Waals surface area (Å²) in [5, 5.41) is 10.3. The third-order valence-electron chi connectivity index (χ3n) is 4.49. The Bertz CT molecular complexity index is 775. The van der Waals surface area contributed by atoms with Crippen LogP contribution in [0.4, 0.5) is 5.69 Å². The van der Waals surface area contributed by atoms with Gasteiger partial charge in [-0.25, -0.2) is 0 Å². The summed E-state index contributed by atoms with van der Waals surface area (Å²) in [6, 6.07) is 8.11. The number of rotatable bonds is 2. The highest BCUT2D eigenvalue weighted by Crippen LogP contribution is 2.32. The summed E-state index contributed by atoms with van der Waals surface area (Å²) >= 11 is 0. The molecule has 1 aromatic carbocycles. The first-order valence-electron chi connectivity index (χ1n) is 7.73. The number of hydrogen-bond donors (Lipinski definition) is 0. The molecule has 5 heteroatoms. The molecule has 22 heavy (non-hydrogen) atoms. The highest BCUT2D eigenvalue weighted by atomic mass is 16.2. The number of fused-ring (bicyclic) bond motifs is 1. The number of aromatic nitrogens is 2. The normalized spacial score (nSPS) is 17.6. The number of carbonyl (C=O) groups excluding carboxylic acids is 1. The molecule has 0 spiro atoms. The van der Waals surface area contributed by atoms with Crippen molar-refractivity contribution in [3.63, 3.8) is 0 Å². The van der Waals surface area contributed by atoms with Crippen LogP contribution in [0.25, 0.3) is 0 Å². The fourth-order valence-electron chi connectivity index (χ4n) is 3.38. The molecule has 0 saturated carbocycles. The molecule has 5 nitrogen and oxygen atoms in total. The quantitative estimate of drug-likeness (QED) is 0.854. The van der Waals surface area contributed by atoms with Crippen molar-refractivity contribution in [2.45, 2.75) is 32.1 Å². The van der Waals surface area contributed by atoms with Gasteiger partial charge in [-0.05, 0) is 48.9 Å². The van der Waals surface area contributed by atoms with Gasteiger partial charge in [0.25, 0.3) is 5.91 Å². The zero-order valence-corrected chi connectivity index (χ0v) is 12.6. The van der Waals surface area contributed by atoms with Crippen molar-refractivity contribution >= 4 is 17.3 Å². The Morgan fingerprint density at radius 3 is 2.82 bits per heavy atom. The Morgan fingerprint density at radius 2 is 2.00 bits per heavy atom. The van der Waals surface area contributed by atoms with Gasteiger partial charge in [-0.1, -0.05) is 12.1 Å². The second-order valence-corrected chi connectivity index (χ2v) is 5.89. The molecule has 0 bridgehead atoms. The zero-order chi connectivity index (χ0) is 15.1. The van der Waals surface area contributed by atoms with Gasteiger partial charge in [0, 0.05) is 13.2 Å². The predicted molar refractivity (Wildman–Crippen MR) is 84.9 cm³/mol. The summed E-state index contributed by atoms with van der Waals surface area (Å²) in [5.74, 6) is 0.0372. The summed E-state index contributed by atoms with van der Waals surface area (Å²) in [6.45, 7) is 0. The van der Waals surface area contributed by atoms with Gasteiger partial charge in [0.15, 0.2) is 0 Å². The minimum Gasteiger partial charge on any atom is -0.272 e. The van der Waals surface area contributed by atoms with Gasteiger partial charge in [0.05, 0.1) is 23.5 Å². The van der Waals surface area contributed by atoms with E-state index >= 15 is 0 Å². The van der Waals surface area contributed by atoms with Crippen LogP contribution in [0.15, 0.2) is 35.6 Å². The number of hydrazone groups is 1. The van der Waals surface area contributed by atoms with Gasteiger partial charge in [-0.15, -0.1) is 0 Å². The van der Waals surface area contributed by atoms with Crippen LogP contribution in [-0.2, 0) is 24.7 Å². The molecule has 4 rings (SSSR count). The van der Waals surface area contributed by atoms with E-state index in [1.54, 1.807) is 15.9 Å². The van der Waals surface area contributed by atoms with E-state index in [2.05, 4.69) is 16.3 Å². The van der Waals surface area contributed by atoms with Crippen molar-refractivity contribution in [2.75, 3.05) is 5.01 Å². The Kier molecular flexibility index (Phi) is 3.06. The lowest BCUT2D eigenvalue weighted by Crippen LogP contribution is -2.22. The lowest BCUT2D eigenvalue weighted by atomic mass is 9.90. The molecule has 1 aliphatic heterocycles. The summed E-state index contributed by atoms with van der Waals surface area (Å²) in [6.07, 6.45) is 6.62. The van der Waals surface area contributed by atoms with E-state index in [0.29, 0.717) is 6.42 Å². The summed E-state index contributed by atoms with van der Waals surface area (Å²) in [7, 11) is 1.87. The zero-order valence-electron chi connectivity index (χ0n) is 12.6. The molecule has 0 N–H and O–H groups in total. The van der Waals surface area contributed by atoms with Crippen molar-refractivity contribution in [2.24, 2.45) is 12.1 Å². The molecule has 0 radical (unpaired) electrons. The van der Waals surface area contributed by atoms with Gasteiger partial charge in [0.1, 0.15) is 0 Å². The maximum atomic E-state index is 12.5. The molecular formula is C17H18N4O. The first kappa shape index (κ1) is 13.2.